The molecule has 3 aromatic rings. The van der Waals surface area contributed by atoms with Crippen LogP contribution in [0.3, 0.4) is 0 Å². The summed E-state index contributed by atoms with van der Waals surface area (Å²) < 4.78 is 5.45. The summed E-state index contributed by atoms with van der Waals surface area (Å²) in [5.41, 5.74) is 3.30. The van der Waals surface area contributed by atoms with Crippen LogP contribution in [-0.4, -0.2) is 14.9 Å². The fourth-order valence-corrected chi connectivity index (χ4v) is 2.53. The lowest BCUT2D eigenvalue weighted by molar-refractivity contribution is -0.383. The molecular formula is C12H10N4O3S. The van der Waals surface area contributed by atoms with Crippen LogP contribution in [0, 0.1) is 17.0 Å². The van der Waals surface area contributed by atoms with E-state index >= 15 is 0 Å². The maximum absolute atomic E-state index is 10.9. The van der Waals surface area contributed by atoms with Gasteiger partial charge < -0.3 is 9.73 Å². The van der Waals surface area contributed by atoms with Crippen LogP contribution in [0.2, 0.25) is 0 Å². The summed E-state index contributed by atoms with van der Waals surface area (Å²) in [7, 11) is 0. The van der Waals surface area contributed by atoms with E-state index in [1.54, 1.807) is 17.6 Å². The summed E-state index contributed by atoms with van der Waals surface area (Å²) in [5.74, 6) is 0. The van der Waals surface area contributed by atoms with Gasteiger partial charge in [0.15, 0.2) is 11.1 Å². The van der Waals surface area contributed by atoms with Gasteiger partial charge in [-0.2, -0.15) is 4.98 Å². The van der Waals surface area contributed by atoms with Gasteiger partial charge in [-0.3, -0.25) is 10.1 Å². The smallest absolute Gasteiger partial charge is 0.298 e. The van der Waals surface area contributed by atoms with Crippen molar-refractivity contribution in [2.75, 3.05) is 5.32 Å². The van der Waals surface area contributed by atoms with E-state index in [2.05, 4.69) is 15.3 Å². The van der Waals surface area contributed by atoms with Gasteiger partial charge in [-0.25, -0.2) is 4.98 Å². The van der Waals surface area contributed by atoms with Crippen LogP contribution in [0.15, 0.2) is 28.1 Å². The predicted octanol–water partition coefficient (Wildman–Crippen LogP) is 3.11. The molecule has 2 heterocycles. The monoisotopic (exact) mass is 290 g/mol. The number of benzene rings is 1. The van der Waals surface area contributed by atoms with E-state index in [0.717, 1.165) is 10.6 Å². The summed E-state index contributed by atoms with van der Waals surface area (Å²) in [6.45, 7) is 2.45. The van der Waals surface area contributed by atoms with Crippen LogP contribution in [0.5, 0.6) is 0 Å². The molecule has 1 aromatic carbocycles. The van der Waals surface area contributed by atoms with Gasteiger partial charge in [0.25, 0.3) is 11.7 Å². The number of nitrogens with one attached hydrogen (secondary N) is 1. The van der Waals surface area contributed by atoms with Crippen molar-refractivity contribution in [1.29, 1.82) is 0 Å². The molecule has 0 atom stereocenters. The number of rotatable bonds is 4. The summed E-state index contributed by atoms with van der Waals surface area (Å²) in [5, 5.41) is 13.9. The molecule has 0 spiro atoms. The number of fused-ring (bicyclic) bond motifs is 1. The highest BCUT2D eigenvalue weighted by atomic mass is 32.1. The Morgan fingerprint density at radius 2 is 2.35 bits per heavy atom. The second-order valence-electron chi connectivity index (χ2n) is 4.11. The molecule has 102 valence electrons. The van der Waals surface area contributed by atoms with Crippen LogP contribution in [0.4, 0.5) is 11.7 Å². The molecule has 8 heteroatoms. The van der Waals surface area contributed by atoms with Gasteiger partial charge in [-0.1, -0.05) is 6.07 Å². The minimum atomic E-state index is -0.470. The molecule has 2 aromatic heterocycles. The zero-order chi connectivity index (χ0) is 14.1. The van der Waals surface area contributed by atoms with Gasteiger partial charge in [-0.05, 0) is 13.0 Å². The number of anilines is 1. The number of aryl methyl sites for hydroxylation is 1. The van der Waals surface area contributed by atoms with E-state index in [9.17, 15) is 10.1 Å². The van der Waals surface area contributed by atoms with Crippen LogP contribution >= 0.6 is 11.3 Å². The Morgan fingerprint density at radius 1 is 1.50 bits per heavy atom. The first-order valence-corrected chi connectivity index (χ1v) is 6.70. The number of thiazole rings is 1. The molecule has 1 N–H and O–H groups in total. The van der Waals surface area contributed by atoms with Crippen molar-refractivity contribution < 1.29 is 9.34 Å². The molecule has 0 amide bonds. The fraction of sp³-hybridized carbons (Fsp3) is 0.167. The second kappa shape index (κ2) is 4.89. The van der Waals surface area contributed by atoms with Crippen molar-refractivity contribution in [3.8, 4) is 0 Å². The number of nitro groups is 1. The highest BCUT2D eigenvalue weighted by Gasteiger charge is 2.17. The quantitative estimate of drug-likeness (QED) is 0.586. The molecule has 0 aliphatic rings. The lowest BCUT2D eigenvalue weighted by atomic mass is 10.3. The number of hydrogen-bond donors (Lipinski definition) is 1. The van der Waals surface area contributed by atoms with E-state index in [-0.39, 0.29) is 17.2 Å². The molecule has 3 rings (SSSR count). The van der Waals surface area contributed by atoms with E-state index in [4.69, 9.17) is 4.42 Å². The van der Waals surface area contributed by atoms with Crippen LogP contribution in [0.25, 0.3) is 11.1 Å². The third kappa shape index (κ3) is 2.21. The molecule has 20 heavy (non-hydrogen) atoms. The standard InChI is InChI=1S/C12H10N4O3S/c1-7-10(20-6-14-7)5-13-12-15-11-8(16(17)18)3-2-4-9(11)19-12/h2-4,6H,5H2,1H3,(H,13,15). The SMILES string of the molecule is Cc1ncsc1CNc1nc2c([N+](=O)[O-])cccc2o1. The van der Waals surface area contributed by atoms with Crippen LogP contribution in [0.1, 0.15) is 10.6 Å². The average Bonchev–Trinajstić information content (AvgIpc) is 3.01. The van der Waals surface area contributed by atoms with Gasteiger partial charge in [0.05, 0.1) is 22.7 Å². The molecule has 0 aliphatic carbocycles. The van der Waals surface area contributed by atoms with Crippen molar-refractivity contribution in [2.24, 2.45) is 0 Å². The molecule has 0 bridgehead atoms. The molecule has 0 saturated carbocycles. The minimum absolute atomic E-state index is 0.0618. The molecule has 0 unspecified atom stereocenters. The lowest BCUT2D eigenvalue weighted by Gasteiger charge is -1.98. The first kappa shape index (κ1) is 12.5. The topological polar surface area (TPSA) is 94.1 Å². The van der Waals surface area contributed by atoms with E-state index in [1.807, 2.05) is 6.92 Å². The van der Waals surface area contributed by atoms with Gasteiger partial charge in [0.1, 0.15) is 0 Å². The zero-order valence-corrected chi connectivity index (χ0v) is 11.3. The average molecular weight is 290 g/mol. The number of hydrogen-bond acceptors (Lipinski definition) is 7. The highest BCUT2D eigenvalue weighted by molar-refractivity contribution is 7.09. The Bertz CT molecular complexity index is 780. The number of nitrogens with zero attached hydrogens (tertiary/aromatic N) is 3. The lowest BCUT2D eigenvalue weighted by Crippen LogP contribution is -1.99. The predicted molar refractivity (Wildman–Crippen MR) is 74.8 cm³/mol. The third-order valence-corrected chi connectivity index (χ3v) is 3.77. The Balaban J connectivity index is 1.88. The zero-order valence-electron chi connectivity index (χ0n) is 10.5. The van der Waals surface area contributed by atoms with Gasteiger partial charge in [0.2, 0.25) is 0 Å². The van der Waals surface area contributed by atoms with Crippen LogP contribution < -0.4 is 5.32 Å². The van der Waals surface area contributed by atoms with Crippen LogP contribution in [-0.2, 0) is 6.54 Å². The Labute approximate surface area is 117 Å². The first-order valence-electron chi connectivity index (χ1n) is 5.82. The summed E-state index contributed by atoms with van der Waals surface area (Å²) in [6, 6.07) is 4.89. The Morgan fingerprint density at radius 3 is 3.05 bits per heavy atom. The fourth-order valence-electron chi connectivity index (χ4n) is 1.81. The maximum Gasteiger partial charge on any atom is 0.298 e. The molecule has 0 fully saturated rings. The van der Waals surface area contributed by atoms with E-state index < -0.39 is 4.92 Å². The number of nitro benzene ring substituents is 1. The first-order chi connectivity index (χ1) is 9.65. The number of non-ortho nitro benzene ring substituents is 1. The molecule has 7 nitrogen and oxygen atoms in total. The summed E-state index contributed by atoms with van der Waals surface area (Å²) in [4.78, 5) is 19.8. The normalized spacial score (nSPS) is 10.8. The largest absolute Gasteiger partial charge is 0.423 e. The van der Waals surface area contributed by atoms with E-state index in [0.29, 0.717) is 12.1 Å². The number of oxazole rings is 1. The van der Waals surface area contributed by atoms with Crippen molar-refractivity contribution >= 4 is 34.1 Å². The minimum Gasteiger partial charge on any atom is -0.423 e. The van der Waals surface area contributed by atoms with E-state index in [1.165, 1.54) is 17.4 Å². The summed E-state index contributed by atoms with van der Waals surface area (Å²) in [6.07, 6.45) is 0. The third-order valence-electron chi connectivity index (χ3n) is 2.84. The number of para-hydroxylation sites is 1. The molecule has 0 radical (unpaired) electrons. The second-order valence-corrected chi connectivity index (χ2v) is 5.05. The highest BCUT2D eigenvalue weighted by Crippen LogP contribution is 2.27. The molecular weight excluding hydrogens is 280 g/mol. The molecule has 0 aliphatic heterocycles. The van der Waals surface area contributed by atoms with Gasteiger partial charge in [-0.15, -0.1) is 11.3 Å². The number of aromatic nitrogens is 2. The Hall–Kier alpha value is -2.48. The molecule has 0 saturated heterocycles. The van der Waals surface area contributed by atoms with Gasteiger partial charge in [0, 0.05) is 10.9 Å². The van der Waals surface area contributed by atoms with Crippen molar-refractivity contribution in [3.05, 3.63) is 44.4 Å². The van der Waals surface area contributed by atoms with Crippen molar-refractivity contribution in [3.63, 3.8) is 0 Å². The van der Waals surface area contributed by atoms with Crippen molar-refractivity contribution in [2.45, 2.75) is 13.5 Å². The maximum atomic E-state index is 10.9. The Kier molecular flexibility index (Phi) is 3.07. The summed E-state index contributed by atoms with van der Waals surface area (Å²) >= 11 is 1.53. The van der Waals surface area contributed by atoms with Gasteiger partial charge >= 0.3 is 0 Å². The van der Waals surface area contributed by atoms with Crippen molar-refractivity contribution in [1.82, 2.24) is 9.97 Å².